The molecule has 0 aromatic carbocycles. The molecule has 0 amide bonds. The van der Waals surface area contributed by atoms with Crippen molar-refractivity contribution in [2.45, 2.75) is 12.5 Å². The summed E-state index contributed by atoms with van der Waals surface area (Å²) in [5.41, 5.74) is 6.00. The van der Waals surface area contributed by atoms with Gasteiger partial charge in [0.25, 0.3) is 0 Å². The standard InChI is InChI=1S/C6H9N3O2.Fe/c7-5(6(10)11)1-4-2-8-3-9-4;/h2-3,5H,1,7H2,(H,8,9)(H,10,11);/q;+2. The molecule has 6 heteroatoms. The van der Waals surface area contributed by atoms with Crippen molar-refractivity contribution >= 4 is 5.97 Å². The molecule has 0 fully saturated rings. The molecule has 66 valence electrons. The number of carbonyl (C=O) groups is 1. The first-order chi connectivity index (χ1) is 5.20. The van der Waals surface area contributed by atoms with Crippen molar-refractivity contribution < 1.29 is 27.0 Å². The van der Waals surface area contributed by atoms with E-state index in [1.54, 1.807) is 6.20 Å². The van der Waals surface area contributed by atoms with Crippen LogP contribution in [0.5, 0.6) is 0 Å². The number of carboxylic acid groups (broad SMARTS) is 1. The van der Waals surface area contributed by atoms with Crippen molar-refractivity contribution in [1.82, 2.24) is 9.97 Å². The minimum atomic E-state index is -1.00. The summed E-state index contributed by atoms with van der Waals surface area (Å²) in [6, 6.07) is -0.851. The second-order valence-electron chi connectivity index (χ2n) is 2.23. The van der Waals surface area contributed by atoms with Crippen LogP contribution in [0.15, 0.2) is 12.5 Å². The normalized spacial score (nSPS) is 11.8. The molecule has 1 atom stereocenters. The van der Waals surface area contributed by atoms with Crippen LogP contribution in [0.4, 0.5) is 0 Å². The van der Waals surface area contributed by atoms with Crippen molar-refractivity contribution in [2.75, 3.05) is 0 Å². The molecule has 0 aliphatic carbocycles. The number of rotatable bonds is 3. The first-order valence-electron chi connectivity index (χ1n) is 3.16. The Bertz CT molecular complexity index is 237. The maximum absolute atomic E-state index is 10.3. The number of nitrogens with two attached hydrogens (primary N) is 1. The van der Waals surface area contributed by atoms with Gasteiger partial charge in [-0.25, -0.2) is 4.98 Å². The Morgan fingerprint density at radius 2 is 2.50 bits per heavy atom. The van der Waals surface area contributed by atoms with E-state index in [2.05, 4.69) is 9.97 Å². The Hall–Kier alpha value is -0.841. The average molecular weight is 211 g/mol. The van der Waals surface area contributed by atoms with Crippen LogP contribution in [0, 0.1) is 0 Å². The molecular formula is C6H9FeN3O2+2. The van der Waals surface area contributed by atoms with Gasteiger partial charge in [-0.1, -0.05) is 0 Å². The van der Waals surface area contributed by atoms with Crippen LogP contribution in [-0.2, 0) is 28.3 Å². The molecule has 0 saturated heterocycles. The third kappa shape index (κ3) is 3.04. The molecule has 1 aromatic heterocycles. The van der Waals surface area contributed by atoms with Gasteiger partial charge in [0, 0.05) is 18.3 Å². The molecule has 1 unspecified atom stereocenters. The molecule has 0 aliphatic heterocycles. The fraction of sp³-hybridized carbons (Fsp3) is 0.333. The summed E-state index contributed by atoms with van der Waals surface area (Å²) in [6.07, 6.45) is 3.34. The molecule has 12 heavy (non-hydrogen) atoms. The zero-order valence-corrected chi connectivity index (χ0v) is 7.28. The van der Waals surface area contributed by atoms with Gasteiger partial charge in [0.2, 0.25) is 0 Å². The van der Waals surface area contributed by atoms with E-state index in [0.29, 0.717) is 0 Å². The predicted octanol–water partition coefficient (Wildman–Crippen LogP) is -0.638. The van der Waals surface area contributed by atoms with Crippen LogP contribution in [0.25, 0.3) is 0 Å². The minimum Gasteiger partial charge on any atom is -0.480 e. The van der Waals surface area contributed by atoms with E-state index < -0.39 is 12.0 Å². The number of aromatic nitrogens is 2. The van der Waals surface area contributed by atoms with E-state index >= 15 is 0 Å². The van der Waals surface area contributed by atoms with Gasteiger partial charge in [-0.05, 0) is 0 Å². The summed E-state index contributed by atoms with van der Waals surface area (Å²) in [5.74, 6) is -1.00. The minimum absolute atomic E-state index is 0. The van der Waals surface area contributed by atoms with Crippen LogP contribution in [0.2, 0.25) is 0 Å². The van der Waals surface area contributed by atoms with E-state index in [1.165, 1.54) is 6.33 Å². The molecule has 0 aliphatic rings. The Morgan fingerprint density at radius 3 is 2.92 bits per heavy atom. The van der Waals surface area contributed by atoms with Gasteiger partial charge in [0.05, 0.1) is 6.33 Å². The number of aromatic amines is 1. The fourth-order valence-electron chi connectivity index (χ4n) is 0.721. The van der Waals surface area contributed by atoms with Gasteiger partial charge in [-0.3, -0.25) is 4.79 Å². The second-order valence-corrected chi connectivity index (χ2v) is 2.23. The first kappa shape index (κ1) is 11.2. The maximum atomic E-state index is 10.3. The van der Waals surface area contributed by atoms with Crippen LogP contribution in [-0.4, -0.2) is 27.1 Å². The van der Waals surface area contributed by atoms with E-state index in [1.807, 2.05) is 0 Å². The molecule has 4 N–H and O–H groups in total. The Labute approximate surface area is 79.8 Å². The zero-order chi connectivity index (χ0) is 8.27. The van der Waals surface area contributed by atoms with E-state index in [0.717, 1.165) is 5.69 Å². The third-order valence-corrected chi connectivity index (χ3v) is 1.31. The molecule has 1 aromatic rings. The van der Waals surface area contributed by atoms with Gasteiger partial charge < -0.3 is 15.8 Å². The first-order valence-corrected chi connectivity index (χ1v) is 3.16. The third-order valence-electron chi connectivity index (χ3n) is 1.31. The van der Waals surface area contributed by atoms with Crippen molar-refractivity contribution in [3.8, 4) is 0 Å². The van der Waals surface area contributed by atoms with Gasteiger partial charge in [-0.15, -0.1) is 0 Å². The van der Waals surface area contributed by atoms with Crippen LogP contribution < -0.4 is 5.73 Å². The summed E-state index contributed by atoms with van der Waals surface area (Å²) < 4.78 is 0. The number of hydrogen-bond donors (Lipinski definition) is 3. The largest absolute Gasteiger partial charge is 2.00 e. The molecule has 5 nitrogen and oxygen atoms in total. The number of H-pyrrole nitrogens is 1. The van der Waals surface area contributed by atoms with Crippen molar-refractivity contribution in [3.05, 3.63) is 18.2 Å². The number of aliphatic carboxylic acids is 1. The smallest absolute Gasteiger partial charge is 0.480 e. The van der Waals surface area contributed by atoms with Gasteiger partial charge in [0.1, 0.15) is 6.04 Å². The number of carboxylic acids is 1. The zero-order valence-electron chi connectivity index (χ0n) is 6.17. The summed E-state index contributed by atoms with van der Waals surface area (Å²) in [7, 11) is 0. The molecule has 0 spiro atoms. The van der Waals surface area contributed by atoms with Gasteiger partial charge in [0.15, 0.2) is 0 Å². The Morgan fingerprint density at radius 1 is 1.83 bits per heavy atom. The topological polar surface area (TPSA) is 92.0 Å². The Balaban J connectivity index is 0.00000121. The average Bonchev–Trinajstić information content (AvgIpc) is 2.39. The summed E-state index contributed by atoms with van der Waals surface area (Å²) in [4.78, 5) is 16.8. The van der Waals surface area contributed by atoms with E-state index in [-0.39, 0.29) is 23.5 Å². The number of imidazole rings is 1. The molecule has 1 heterocycles. The van der Waals surface area contributed by atoms with Crippen molar-refractivity contribution in [1.29, 1.82) is 0 Å². The van der Waals surface area contributed by atoms with Gasteiger partial charge in [-0.2, -0.15) is 0 Å². The molecule has 0 bridgehead atoms. The van der Waals surface area contributed by atoms with Crippen LogP contribution in [0.3, 0.4) is 0 Å². The quantitative estimate of drug-likeness (QED) is 0.580. The molecular weight excluding hydrogens is 202 g/mol. The predicted molar refractivity (Wildman–Crippen MR) is 37.9 cm³/mol. The summed E-state index contributed by atoms with van der Waals surface area (Å²) in [6.45, 7) is 0. The monoisotopic (exact) mass is 211 g/mol. The fourth-order valence-corrected chi connectivity index (χ4v) is 0.721. The summed E-state index contributed by atoms with van der Waals surface area (Å²) in [5, 5.41) is 8.42. The second kappa shape index (κ2) is 4.92. The van der Waals surface area contributed by atoms with Crippen molar-refractivity contribution in [3.63, 3.8) is 0 Å². The van der Waals surface area contributed by atoms with E-state index in [9.17, 15) is 4.79 Å². The number of nitrogens with one attached hydrogen (secondary N) is 1. The molecule has 0 radical (unpaired) electrons. The van der Waals surface area contributed by atoms with E-state index in [4.69, 9.17) is 10.8 Å². The van der Waals surface area contributed by atoms with Gasteiger partial charge >= 0.3 is 23.0 Å². The van der Waals surface area contributed by atoms with Crippen LogP contribution >= 0.6 is 0 Å². The Kier molecular flexibility index (Phi) is 4.58. The molecule has 1 rings (SSSR count). The number of nitrogens with zero attached hydrogens (tertiary/aromatic N) is 1. The SMILES string of the molecule is NC(Cc1cnc[nH]1)C(=O)O.[Fe+2]. The summed E-state index contributed by atoms with van der Waals surface area (Å²) >= 11 is 0. The maximum Gasteiger partial charge on any atom is 2.00 e. The van der Waals surface area contributed by atoms with Crippen LogP contribution in [0.1, 0.15) is 5.69 Å². The molecule has 0 saturated carbocycles. The number of hydrogen-bond acceptors (Lipinski definition) is 3. The van der Waals surface area contributed by atoms with Crippen molar-refractivity contribution in [2.24, 2.45) is 5.73 Å².